The van der Waals surface area contributed by atoms with Gasteiger partial charge < -0.3 is 5.32 Å². The van der Waals surface area contributed by atoms with Crippen molar-refractivity contribution < 1.29 is 9.32 Å². The summed E-state index contributed by atoms with van der Waals surface area (Å²) < 4.78 is 5.29. The van der Waals surface area contributed by atoms with Crippen LogP contribution in [-0.4, -0.2) is 26.0 Å². The summed E-state index contributed by atoms with van der Waals surface area (Å²) >= 11 is 3.38. The third-order valence-corrected chi connectivity index (χ3v) is 3.87. The van der Waals surface area contributed by atoms with Crippen LogP contribution in [0.15, 0.2) is 44.3 Å². The van der Waals surface area contributed by atoms with Gasteiger partial charge in [-0.1, -0.05) is 5.16 Å². The normalized spacial score (nSPS) is 10.6. The summed E-state index contributed by atoms with van der Waals surface area (Å²) in [6.45, 7) is 2.00. The smallest absolute Gasteiger partial charge is 0.345 e. The number of aromatic nitrogens is 4. The Morgan fingerprint density at radius 1 is 1.42 bits per heavy atom. The molecule has 3 aromatic rings. The highest BCUT2D eigenvalue weighted by Gasteiger charge is 2.13. The lowest BCUT2D eigenvalue weighted by atomic mass is 10.1. The molecule has 0 aromatic carbocycles. The largest absolute Gasteiger partial charge is 0.439 e. The molecule has 24 heavy (non-hydrogen) atoms. The van der Waals surface area contributed by atoms with Crippen LogP contribution in [0, 0.1) is 6.92 Å². The molecular formula is C15H12BrN5O3. The molecule has 3 aromatic heterocycles. The fraction of sp³-hybridized carbons (Fsp3) is 0.133. The number of aromatic amines is 1. The molecule has 0 unspecified atom stereocenters. The van der Waals surface area contributed by atoms with E-state index >= 15 is 0 Å². The number of hydrogen-bond acceptors (Lipinski definition) is 6. The molecule has 3 heterocycles. The number of nitrogens with one attached hydrogen (secondary N) is 2. The average Bonchev–Trinajstić information content (AvgIpc) is 3.00. The van der Waals surface area contributed by atoms with Crippen LogP contribution in [0.3, 0.4) is 0 Å². The van der Waals surface area contributed by atoms with Gasteiger partial charge in [-0.3, -0.25) is 19.3 Å². The standard InChI is InChI=1S/C15H12BrN5O3/c1-8-5-9(13-20-15(23)24-21-13)6-11(19-8)14(22)18-7-12-10(16)3-2-4-17-12/h2-6H,7H2,1H3,(H,18,22)(H,20,21,23). The quantitative estimate of drug-likeness (QED) is 0.703. The lowest BCUT2D eigenvalue weighted by Crippen LogP contribution is -2.24. The van der Waals surface area contributed by atoms with Gasteiger partial charge in [-0.05, 0) is 47.1 Å². The van der Waals surface area contributed by atoms with E-state index in [1.54, 1.807) is 25.3 Å². The van der Waals surface area contributed by atoms with Gasteiger partial charge >= 0.3 is 5.76 Å². The average molecular weight is 390 g/mol. The van der Waals surface area contributed by atoms with Crippen molar-refractivity contribution in [2.75, 3.05) is 0 Å². The molecule has 0 bridgehead atoms. The number of amides is 1. The first-order valence-electron chi connectivity index (χ1n) is 6.95. The summed E-state index contributed by atoms with van der Waals surface area (Å²) in [6, 6.07) is 6.87. The van der Waals surface area contributed by atoms with Crippen molar-refractivity contribution in [3.8, 4) is 11.4 Å². The first kappa shape index (κ1) is 16.1. The van der Waals surface area contributed by atoms with Gasteiger partial charge in [-0.25, -0.2) is 9.78 Å². The van der Waals surface area contributed by atoms with Crippen LogP contribution in [0.4, 0.5) is 0 Å². The van der Waals surface area contributed by atoms with Crippen molar-refractivity contribution in [2.24, 2.45) is 0 Å². The van der Waals surface area contributed by atoms with Gasteiger partial charge in [0.2, 0.25) is 0 Å². The molecule has 8 nitrogen and oxygen atoms in total. The highest BCUT2D eigenvalue weighted by molar-refractivity contribution is 9.10. The summed E-state index contributed by atoms with van der Waals surface area (Å²) in [5.74, 6) is -0.777. The molecule has 0 radical (unpaired) electrons. The number of aryl methyl sites for hydroxylation is 1. The highest BCUT2D eigenvalue weighted by atomic mass is 79.9. The zero-order valence-corrected chi connectivity index (χ0v) is 14.1. The van der Waals surface area contributed by atoms with Gasteiger partial charge in [0.15, 0.2) is 5.82 Å². The van der Waals surface area contributed by atoms with Crippen LogP contribution in [-0.2, 0) is 6.54 Å². The second kappa shape index (κ2) is 6.75. The van der Waals surface area contributed by atoms with Gasteiger partial charge in [0, 0.05) is 21.9 Å². The number of hydrogen-bond donors (Lipinski definition) is 2. The van der Waals surface area contributed by atoms with Crippen LogP contribution < -0.4 is 11.1 Å². The third kappa shape index (κ3) is 3.57. The molecule has 0 aliphatic rings. The zero-order chi connectivity index (χ0) is 17.1. The SMILES string of the molecule is Cc1cc(-c2noc(=O)[nH]2)cc(C(=O)NCc2ncccc2Br)n1. The maximum Gasteiger partial charge on any atom is 0.439 e. The van der Waals surface area contributed by atoms with Crippen molar-refractivity contribution in [1.29, 1.82) is 0 Å². The maximum absolute atomic E-state index is 12.3. The molecule has 0 atom stereocenters. The third-order valence-electron chi connectivity index (χ3n) is 3.15. The number of H-pyrrole nitrogens is 1. The number of carbonyl (C=O) groups excluding carboxylic acids is 1. The molecule has 0 spiro atoms. The molecule has 0 fully saturated rings. The van der Waals surface area contributed by atoms with E-state index in [-0.39, 0.29) is 24.0 Å². The van der Waals surface area contributed by atoms with E-state index in [0.29, 0.717) is 17.0 Å². The summed E-state index contributed by atoms with van der Waals surface area (Å²) in [6.07, 6.45) is 1.65. The minimum absolute atomic E-state index is 0.209. The Morgan fingerprint density at radius 2 is 2.25 bits per heavy atom. The Kier molecular flexibility index (Phi) is 4.52. The summed E-state index contributed by atoms with van der Waals surface area (Å²) in [5, 5.41) is 6.37. The Labute approximate surface area is 144 Å². The Morgan fingerprint density at radius 3 is 2.96 bits per heavy atom. The monoisotopic (exact) mass is 389 g/mol. The van der Waals surface area contributed by atoms with Crippen molar-refractivity contribution in [2.45, 2.75) is 13.5 Å². The lowest BCUT2D eigenvalue weighted by Gasteiger charge is -2.07. The van der Waals surface area contributed by atoms with Gasteiger partial charge in [0.25, 0.3) is 5.91 Å². The maximum atomic E-state index is 12.3. The van der Waals surface area contributed by atoms with Crippen molar-refractivity contribution in [1.82, 2.24) is 25.4 Å². The van der Waals surface area contributed by atoms with Gasteiger partial charge in [-0.2, -0.15) is 0 Å². The molecule has 9 heteroatoms. The lowest BCUT2D eigenvalue weighted by molar-refractivity contribution is 0.0945. The molecule has 122 valence electrons. The first-order chi connectivity index (χ1) is 11.5. The number of nitrogens with zero attached hydrogens (tertiary/aromatic N) is 3. The number of rotatable bonds is 4. The molecule has 0 aliphatic carbocycles. The van der Waals surface area contributed by atoms with Gasteiger partial charge in [-0.15, -0.1) is 0 Å². The number of halogens is 1. The molecule has 0 saturated carbocycles. The van der Waals surface area contributed by atoms with Crippen molar-refractivity contribution >= 4 is 21.8 Å². The van der Waals surface area contributed by atoms with E-state index in [1.165, 1.54) is 6.07 Å². The predicted octanol–water partition coefficient (Wildman–Crippen LogP) is 1.82. The molecule has 3 rings (SSSR count). The second-order valence-electron chi connectivity index (χ2n) is 4.94. The van der Waals surface area contributed by atoms with Gasteiger partial charge in [0.05, 0.1) is 12.2 Å². The van der Waals surface area contributed by atoms with E-state index in [1.807, 2.05) is 6.07 Å². The molecule has 1 amide bonds. The van der Waals surface area contributed by atoms with E-state index in [2.05, 4.69) is 45.9 Å². The molecule has 0 aliphatic heterocycles. The molecular weight excluding hydrogens is 378 g/mol. The zero-order valence-electron chi connectivity index (χ0n) is 12.5. The molecule has 0 saturated heterocycles. The van der Waals surface area contributed by atoms with Crippen LogP contribution >= 0.6 is 15.9 Å². The van der Waals surface area contributed by atoms with Crippen LogP contribution in [0.25, 0.3) is 11.4 Å². The first-order valence-corrected chi connectivity index (χ1v) is 7.75. The fourth-order valence-corrected chi connectivity index (χ4v) is 2.47. The second-order valence-corrected chi connectivity index (χ2v) is 5.80. The van der Waals surface area contributed by atoms with Crippen molar-refractivity contribution in [3.05, 3.63) is 62.6 Å². The predicted molar refractivity (Wildman–Crippen MR) is 88.2 cm³/mol. The highest BCUT2D eigenvalue weighted by Crippen LogP contribution is 2.16. The Bertz CT molecular complexity index is 950. The van der Waals surface area contributed by atoms with Crippen molar-refractivity contribution in [3.63, 3.8) is 0 Å². The number of pyridine rings is 2. The fourth-order valence-electron chi connectivity index (χ4n) is 2.08. The summed E-state index contributed by atoms with van der Waals surface area (Å²) in [5.41, 5.74) is 2.07. The van der Waals surface area contributed by atoms with Gasteiger partial charge in [0.1, 0.15) is 5.69 Å². The van der Waals surface area contributed by atoms with E-state index in [9.17, 15) is 9.59 Å². The minimum Gasteiger partial charge on any atom is -0.345 e. The van der Waals surface area contributed by atoms with E-state index in [4.69, 9.17) is 0 Å². The minimum atomic E-state index is -0.662. The van der Waals surface area contributed by atoms with Crippen LogP contribution in [0.2, 0.25) is 0 Å². The molecule has 2 N–H and O–H groups in total. The Hall–Kier alpha value is -2.81. The van der Waals surface area contributed by atoms with E-state index in [0.717, 1.165) is 4.47 Å². The number of carbonyl (C=O) groups is 1. The van der Waals surface area contributed by atoms with Crippen LogP contribution in [0.5, 0.6) is 0 Å². The summed E-state index contributed by atoms with van der Waals surface area (Å²) in [4.78, 5) is 34.2. The topological polar surface area (TPSA) is 114 Å². The van der Waals surface area contributed by atoms with Crippen LogP contribution in [0.1, 0.15) is 21.9 Å². The Balaban J connectivity index is 1.81. The summed E-state index contributed by atoms with van der Waals surface area (Å²) in [7, 11) is 0. The van der Waals surface area contributed by atoms with E-state index < -0.39 is 5.76 Å².